The van der Waals surface area contributed by atoms with E-state index in [0.29, 0.717) is 23.3 Å². The van der Waals surface area contributed by atoms with Gasteiger partial charge in [0.15, 0.2) is 17.5 Å². The molecular weight excluding hydrogens is 471 g/mol. The van der Waals surface area contributed by atoms with Crippen molar-refractivity contribution in [3.05, 3.63) is 53.6 Å². The van der Waals surface area contributed by atoms with Gasteiger partial charge in [-0.2, -0.15) is 0 Å². The first-order valence-electron chi connectivity index (χ1n) is 7.73. The Morgan fingerprint density at radius 2 is 1.81 bits per heavy atom. The van der Waals surface area contributed by atoms with Gasteiger partial charge in [0.25, 0.3) is 0 Å². The van der Waals surface area contributed by atoms with E-state index in [-0.39, 0.29) is 42.0 Å². The van der Waals surface area contributed by atoms with Gasteiger partial charge < -0.3 is 25.6 Å². The van der Waals surface area contributed by atoms with Crippen molar-refractivity contribution < 1.29 is 23.4 Å². The maximum absolute atomic E-state index is 13.9. The van der Waals surface area contributed by atoms with Gasteiger partial charge in [-0.25, -0.2) is 13.8 Å². The number of nitrogens with two attached hydrogens (primary N) is 1. The topological polar surface area (TPSA) is 89.1 Å². The summed E-state index contributed by atoms with van der Waals surface area (Å²) in [4.78, 5) is 4.03. The summed E-state index contributed by atoms with van der Waals surface area (Å²) in [6.07, 6.45) is 0. The van der Waals surface area contributed by atoms with Crippen LogP contribution in [-0.2, 0) is 5.60 Å². The van der Waals surface area contributed by atoms with E-state index >= 15 is 0 Å². The van der Waals surface area contributed by atoms with Crippen LogP contribution < -0.4 is 20.5 Å². The van der Waals surface area contributed by atoms with Gasteiger partial charge in [-0.05, 0) is 25.1 Å². The molecule has 0 aromatic heterocycles. The minimum absolute atomic E-state index is 0. The van der Waals surface area contributed by atoms with Gasteiger partial charge in [0.1, 0.15) is 17.2 Å². The standard InChI is InChI=1S/C18H21F2N3O3.HI/c1-18(24,13-6-4-11(19)8-14(13)20)10-22-17(21)23-12-5-7-15(25-2)16(9-12)26-3;/h4-9,24H,10H2,1-3H3,(H3,21,22,23);1H. The molecule has 0 saturated carbocycles. The fourth-order valence-electron chi connectivity index (χ4n) is 2.35. The summed E-state index contributed by atoms with van der Waals surface area (Å²) in [7, 11) is 3.03. The van der Waals surface area contributed by atoms with Crippen LogP contribution in [0.4, 0.5) is 14.5 Å². The molecule has 2 aromatic carbocycles. The average Bonchev–Trinajstić information content (AvgIpc) is 2.59. The third kappa shape index (κ3) is 5.93. The molecule has 0 amide bonds. The first kappa shape index (κ1) is 22.9. The highest BCUT2D eigenvalue weighted by molar-refractivity contribution is 14.0. The van der Waals surface area contributed by atoms with E-state index in [1.54, 1.807) is 18.2 Å². The smallest absolute Gasteiger partial charge is 0.193 e. The number of nitrogens with zero attached hydrogens (tertiary/aromatic N) is 1. The minimum Gasteiger partial charge on any atom is -0.493 e. The van der Waals surface area contributed by atoms with Crippen LogP contribution in [-0.4, -0.2) is 31.8 Å². The zero-order valence-corrected chi connectivity index (χ0v) is 17.5. The Balaban J connectivity index is 0.00000364. The zero-order chi connectivity index (χ0) is 19.3. The van der Waals surface area contributed by atoms with Gasteiger partial charge in [-0.3, -0.25) is 0 Å². The second kappa shape index (κ2) is 9.70. The molecule has 0 aliphatic rings. The molecule has 6 nitrogen and oxygen atoms in total. The summed E-state index contributed by atoms with van der Waals surface area (Å²) in [5.41, 5.74) is 4.69. The van der Waals surface area contributed by atoms with Gasteiger partial charge in [-0.1, -0.05) is 6.07 Å². The number of methoxy groups -OCH3 is 2. The Morgan fingerprint density at radius 1 is 1.15 bits per heavy atom. The lowest BCUT2D eigenvalue weighted by Crippen LogP contribution is -2.30. The molecule has 1 unspecified atom stereocenters. The predicted octanol–water partition coefficient (Wildman–Crippen LogP) is 3.23. The van der Waals surface area contributed by atoms with Crippen LogP contribution in [0, 0.1) is 11.6 Å². The summed E-state index contributed by atoms with van der Waals surface area (Å²) in [5.74, 6) is -0.495. The quantitative estimate of drug-likeness (QED) is 0.327. The number of anilines is 1. The average molecular weight is 493 g/mol. The maximum atomic E-state index is 13.9. The molecule has 0 bridgehead atoms. The first-order chi connectivity index (χ1) is 12.3. The van der Waals surface area contributed by atoms with E-state index in [9.17, 15) is 13.9 Å². The number of rotatable bonds is 6. The Hall–Kier alpha value is -2.14. The van der Waals surface area contributed by atoms with Crippen LogP contribution in [0.5, 0.6) is 11.5 Å². The van der Waals surface area contributed by atoms with Crippen molar-refractivity contribution in [1.82, 2.24) is 0 Å². The SMILES string of the molecule is COc1ccc(NC(N)=NCC(C)(O)c2ccc(F)cc2F)cc1OC.I. The molecular formula is C18H22F2IN3O3. The highest BCUT2D eigenvalue weighted by atomic mass is 127. The van der Waals surface area contributed by atoms with E-state index in [1.807, 2.05) is 0 Å². The zero-order valence-electron chi connectivity index (χ0n) is 15.1. The second-order valence-corrected chi connectivity index (χ2v) is 5.79. The number of halogens is 3. The fraction of sp³-hybridized carbons (Fsp3) is 0.278. The van der Waals surface area contributed by atoms with Crippen LogP contribution in [0.3, 0.4) is 0 Å². The van der Waals surface area contributed by atoms with E-state index in [1.165, 1.54) is 27.2 Å². The van der Waals surface area contributed by atoms with Crippen LogP contribution >= 0.6 is 24.0 Å². The number of nitrogens with one attached hydrogen (secondary N) is 1. The number of aliphatic imine (C=N–C) groups is 1. The summed E-state index contributed by atoms with van der Waals surface area (Å²) in [6.45, 7) is 1.15. The Morgan fingerprint density at radius 3 is 2.41 bits per heavy atom. The third-order valence-corrected chi connectivity index (χ3v) is 3.72. The number of ether oxygens (including phenoxy) is 2. The predicted molar refractivity (Wildman–Crippen MR) is 111 cm³/mol. The van der Waals surface area contributed by atoms with Gasteiger partial charge in [0.05, 0.1) is 20.8 Å². The van der Waals surface area contributed by atoms with Gasteiger partial charge in [0, 0.05) is 23.4 Å². The van der Waals surface area contributed by atoms with Gasteiger partial charge in [0.2, 0.25) is 0 Å². The van der Waals surface area contributed by atoms with E-state index < -0.39 is 17.2 Å². The van der Waals surface area contributed by atoms with Crippen molar-refractivity contribution in [2.75, 3.05) is 26.1 Å². The molecule has 27 heavy (non-hydrogen) atoms. The third-order valence-electron chi connectivity index (χ3n) is 3.72. The molecule has 0 spiro atoms. The van der Waals surface area contributed by atoms with Crippen molar-refractivity contribution >= 4 is 35.6 Å². The number of benzene rings is 2. The lowest BCUT2D eigenvalue weighted by molar-refractivity contribution is 0.0634. The Bertz CT molecular complexity index is 816. The fourth-order valence-corrected chi connectivity index (χ4v) is 2.35. The number of hydrogen-bond acceptors (Lipinski definition) is 4. The van der Waals surface area contributed by atoms with Gasteiger partial charge in [-0.15, -0.1) is 24.0 Å². The molecule has 0 radical (unpaired) electrons. The number of guanidine groups is 1. The first-order valence-corrected chi connectivity index (χ1v) is 7.73. The molecule has 0 aliphatic carbocycles. The molecule has 2 rings (SSSR count). The highest BCUT2D eigenvalue weighted by Crippen LogP contribution is 2.29. The molecule has 0 fully saturated rings. The molecule has 0 saturated heterocycles. The van der Waals surface area contributed by atoms with Crippen LogP contribution in [0.1, 0.15) is 12.5 Å². The number of aliphatic hydroxyl groups is 1. The maximum Gasteiger partial charge on any atom is 0.193 e. The van der Waals surface area contributed by atoms with Crippen LogP contribution in [0.25, 0.3) is 0 Å². The summed E-state index contributed by atoms with van der Waals surface area (Å²) < 4.78 is 37.2. The molecule has 4 N–H and O–H groups in total. The molecule has 148 valence electrons. The Labute approximate surface area is 173 Å². The summed E-state index contributed by atoms with van der Waals surface area (Å²) in [6, 6.07) is 8.03. The summed E-state index contributed by atoms with van der Waals surface area (Å²) in [5, 5.41) is 13.3. The highest BCUT2D eigenvalue weighted by Gasteiger charge is 2.26. The van der Waals surface area contributed by atoms with Crippen molar-refractivity contribution in [3.8, 4) is 11.5 Å². The number of hydrogen-bond donors (Lipinski definition) is 3. The summed E-state index contributed by atoms with van der Waals surface area (Å²) >= 11 is 0. The Kier molecular flexibility index (Phi) is 8.22. The molecule has 0 heterocycles. The van der Waals surface area contributed by atoms with E-state index in [0.717, 1.165) is 6.07 Å². The molecule has 2 aromatic rings. The lowest BCUT2D eigenvalue weighted by Gasteiger charge is -2.22. The molecule has 1 atom stereocenters. The monoisotopic (exact) mass is 493 g/mol. The van der Waals surface area contributed by atoms with Crippen molar-refractivity contribution in [2.45, 2.75) is 12.5 Å². The van der Waals surface area contributed by atoms with Crippen molar-refractivity contribution in [1.29, 1.82) is 0 Å². The van der Waals surface area contributed by atoms with E-state index in [2.05, 4.69) is 10.3 Å². The van der Waals surface area contributed by atoms with Crippen molar-refractivity contribution in [2.24, 2.45) is 10.7 Å². The molecule has 0 aliphatic heterocycles. The van der Waals surface area contributed by atoms with Crippen LogP contribution in [0.15, 0.2) is 41.4 Å². The minimum atomic E-state index is -1.65. The lowest BCUT2D eigenvalue weighted by atomic mass is 9.95. The van der Waals surface area contributed by atoms with Gasteiger partial charge >= 0.3 is 0 Å². The molecule has 9 heteroatoms. The van der Waals surface area contributed by atoms with Crippen molar-refractivity contribution in [3.63, 3.8) is 0 Å². The second-order valence-electron chi connectivity index (χ2n) is 5.79. The largest absolute Gasteiger partial charge is 0.493 e. The van der Waals surface area contributed by atoms with Crippen LogP contribution in [0.2, 0.25) is 0 Å². The normalized spacial score (nSPS) is 13.3. The van der Waals surface area contributed by atoms with E-state index in [4.69, 9.17) is 15.2 Å².